The Hall–Kier alpha value is -0.340. The Morgan fingerprint density at radius 2 is 2.09 bits per heavy atom. The van der Waals surface area contributed by atoms with Gasteiger partial charge in [-0.3, -0.25) is 0 Å². The quantitative estimate of drug-likeness (QED) is 0.625. The maximum Gasteiger partial charge on any atom is 0.0662 e. The first-order valence-electron chi connectivity index (χ1n) is 3.93. The van der Waals surface area contributed by atoms with E-state index in [0.29, 0.717) is 6.61 Å². The second kappa shape index (κ2) is 4.52. The average Bonchev–Trinajstić information content (AvgIpc) is 1.88. The highest BCUT2D eigenvalue weighted by Crippen LogP contribution is 2.06. The van der Waals surface area contributed by atoms with E-state index in [4.69, 9.17) is 4.74 Å². The van der Waals surface area contributed by atoms with Crippen LogP contribution in [0, 0.1) is 0 Å². The molecule has 0 aliphatic rings. The van der Waals surface area contributed by atoms with E-state index in [-0.39, 0.29) is 11.6 Å². The lowest BCUT2D eigenvalue weighted by Gasteiger charge is -2.22. The molecule has 0 amide bonds. The zero-order valence-corrected chi connectivity index (χ0v) is 7.98. The molecule has 0 bridgehead atoms. The monoisotopic (exact) mass is 157 g/mol. The molecule has 11 heavy (non-hydrogen) atoms. The summed E-state index contributed by atoms with van der Waals surface area (Å²) in [6, 6.07) is 0.259. The third-order valence-electron chi connectivity index (χ3n) is 1.35. The molecule has 0 aromatic heterocycles. The van der Waals surface area contributed by atoms with Crippen molar-refractivity contribution in [3.05, 3.63) is 12.7 Å². The fourth-order valence-electron chi connectivity index (χ4n) is 0.609. The summed E-state index contributed by atoms with van der Waals surface area (Å²) < 4.78 is 5.54. The van der Waals surface area contributed by atoms with Gasteiger partial charge in [0.05, 0.1) is 12.2 Å². The van der Waals surface area contributed by atoms with Crippen LogP contribution >= 0.6 is 0 Å². The summed E-state index contributed by atoms with van der Waals surface area (Å²) in [5, 5.41) is 3.08. The second-order valence-corrected chi connectivity index (χ2v) is 3.55. The van der Waals surface area contributed by atoms with Crippen molar-refractivity contribution in [2.24, 2.45) is 0 Å². The molecule has 0 radical (unpaired) electrons. The molecular formula is C9H19NO. The van der Waals surface area contributed by atoms with Gasteiger partial charge in [-0.15, -0.1) is 6.58 Å². The van der Waals surface area contributed by atoms with Crippen LogP contribution in [0.2, 0.25) is 0 Å². The minimum atomic E-state index is -0.0574. The van der Waals surface area contributed by atoms with E-state index in [1.807, 2.05) is 33.9 Å². The van der Waals surface area contributed by atoms with Gasteiger partial charge < -0.3 is 10.1 Å². The van der Waals surface area contributed by atoms with Crippen LogP contribution in [0.4, 0.5) is 0 Å². The fraction of sp³-hybridized carbons (Fsp3) is 0.778. The van der Waals surface area contributed by atoms with E-state index < -0.39 is 0 Å². The Morgan fingerprint density at radius 3 is 2.36 bits per heavy atom. The first-order valence-corrected chi connectivity index (χ1v) is 3.93. The van der Waals surface area contributed by atoms with Crippen LogP contribution in [0.5, 0.6) is 0 Å². The highest BCUT2D eigenvalue weighted by molar-refractivity contribution is 4.84. The average molecular weight is 157 g/mol. The molecular weight excluding hydrogens is 138 g/mol. The number of ether oxygens (including phenoxy) is 1. The molecule has 0 heterocycles. The van der Waals surface area contributed by atoms with Crippen molar-refractivity contribution in [1.29, 1.82) is 0 Å². The predicted octanol–water partition coefficient (Wildman–Crippen LogP) is 1.58. The van der Waals surface area contributed by atoms with Gasteiger partial charge in [0, 0.05) is 6.04 Å². The summed E-state index contributed by atoms with van der Waals surface area (Å²) in [5.74, 6) is 0. The molecule has 1 N–H and O–H groups in total. The highest BCUT2D eigenvalue weighted by atomic mass is 16.5. The van der Waals surface area contributed by atoms with E-state index in [1.54, 1.807) is 0 Å². The largest absolute Gasteiger partial charge is 0.374 e. The van der Waals surface area contributed by atoms with Crippen LogP contribution in [0.25, 0.3) is 0 Å². The standard InChI is InChI=1S/C9H19NO/c1-6-8(10-5)7-11-9(2,3)4/h6,8,10H,1,7H2,2-5H3. The highest BCUT2D eigenvalue weighted by Gasteiger charge is 2.11. The summed E-state index contributed by atoms with van der Waals surface area (Å²) >= 11 is 0. The Bertz CT molecular complexity index is 115. The zero-order valence-electron chi connectivity index (χ0n) is 7.98. The molecule has 0 rings (SSSR count). The van der Waals surface area contributed by atoms with Gasteiger partial charge in [-0.25, -0.2) is 0 Å². The van der Waals surface area contributed by atoms with Crippen molar-refractivity contribution in [2.75, 3.05) is 13.7 Å². The van der Waals surface area contributed by atoms with Crippen molar-refractivity contribution >= 4 is 0 Å². The molecule has 0 fully saturated rings. The van der Waals surface area contributed by atoms with E-state index >= 15 is 0 Å². The van der Waals surface area contributed by atoms with E-state index in [0.717, 1.165) is 0 Å². The topological polar surface area (TPSA) is 21.3 Å². The van der Waals surface area contributed by atoms with Gasteiger partial charge in [0.25, 0.3) is 0 Å². The normalized spacial score (nSPS) is 14.5. The lowest BCUT2D eigenvalue weighted by atomic mass is 10.2. The van der Waals surface area contributed by atoms with Gasteiger partial charge in [-0.05, 0) is 27.8 Å². The van der Waals surface area contributed by atoms with Crippen molar-refractivity contribution < 1.29 is 4.74 Å². The summed E-state index contributed by atoms with van der Waals surface area (Å²) in [7, 11) is 1.90. The Labute approximate surface area is 69.6 Å². The zero-order chi connectivity index (χ0) is 8.91. The number of hydrogen-bond acceptors (Lipinski definition) is 2. The van der Waals surface area contributed by atoms with Crippen LogP contribution in [0.15, 0.2) is 12.7 Å². The Balaban J connectivity index is 3.59. The van der Waals surface area contributed by atoms with Gasteiger partial charge >= 0.3 is 0 Å². The molecule has 0 saturated heterocycles. The van der Waals surface area contributed by atoms with Crippen LogP contribution in [-0.2, 0) is 4.74 Å². The Morgan fingerprint density at radius 1 is 1.55 bits per heavy atom. The number of rotatable bonds is 4. The number of hydrogen-bond donors (Lipinski definition) is 1. The molecule has 0 aliphatic carbocycles. The smallest absolute Gasteiger partial charge is 0.0662 e. The van der Waals surface area contributed by atoms with Crippen molar-refractivity contribution in [2.45, 2.75) is 32.4 Å². The maximum atomic E-state index is 5.54. The molecule has 0 aromatic rings. The fourth-order valence-corrected chi connectivity index (χ4v) is 0.609. The first kappa shape index (κ1) is 10.7. The first-order chi connectivity index (χ1) is 4.99. The lowest BCUT2D eigenvalue weighted by molar-refractivity contribution is -0.00811. The molecule has 0 aliphatic heterocycles. The third kappa shape index (κ3) is 6.07. The predicted molar refractivity (Wildman–Crippen MR) is 48.7 cm³/mol. The van der Waals surface area contributed by atoms with Gasteiger partial charge in [-0.2, -0.15) is 0 Å². The summed E-state index contributed by atoms with van der Waals surface area (Å²) in [5.41, 5.74) is -0.0574. The SMILES string of the molecule is C=CC(COC(C)(C)C)NC. The van der Waals surface area contributed by atoms with Crippen LogP contribution in [-0.4, -0.2) is 25.3 Å². The van der Waals surface area contributed by atoms with Crippen LogP contribution in [0.1, 0.15) is 20.8 Å². The lowest BCUT2D eigenvalue weighted by Crippen LogP contribution is -2.32. The van der Waals surface area contributed by atoms with E-state index in [2.05, 4.69) is 11.9 Å². The summed E-state index contributed by atoms with van der Waals surface area (Å²) in [6.07, 6.45) is 1.85. The molecule has 0 spiro atoms. The maximum absolute atomic E-state index is 5.54. The number of likely N-dealkylation sites (N-methyl/N-ethyl adjacent to an activating group) is 1. The molecule has 2 nitrogen and oxygen atoms in total. The van der Waals surface area contributed by atoms with E-state index in [1.165, 1.54) is 0 Å². The van der Waals surface area contributed by atoms with E-state index in [9.17, 15) is 0 Å². The molecule has 2 heteroatoms. The molecule has 1 atom stereocenters. The molecule has 0 saturated carbocycles. The third-order valence-corrected chi connectivity index (χ3v) is 1.35. The second-order valence-electron chi connectivity index (χ2n) is 3.55. The molecule has 66 valence electrons. The molecule has 0 aromatic carbocycles. The molecule has 1 unspecified atom stereocenters. The summed E-state index contributed by atoms with van der Waals surface area (Å²) in [6.45, 7) is 10.5. The van der Waals surface area contributed by atoms with Gasteiger partial charge in [-0.1, -0.05) is 6.08 Å². The van der Waals surface area contributed by atoms with Crippen molar-refractivity contribution in [3.63, 3.8) is 0 Å². The van der Waals surface area contributed by atoms with Crippen LogP contribution < -0.4 is 5.32 Å². The van der Waals surface area contributed by atoms with Crippen molar-refractivity contribution in [3.8, 4) is 0 Å². The minimum Gasteiger partial charge on any atom is -0.374 e. The van der Waals surface area contributed by atoms with Crippen LogP contribution in [0.3, 0.4) is 0 Å². The van der Waals surface area contributed by atoms with Crippen molar-refractivity contribution in [1.82, 2.24) is 5.32 Å². The Kier molecular flexibility index (Phi) is 4.38. The van der Waals surface area contributed by atoms with Gasteiger partial charge in [0.15, 0.2) is 0 Å². The number of nitrogens with one attached hydrogen (secondary N) is 1. The summed E-state index contributed by atoms with van der Waals surface area (Å²) in [4.78, 5) is 0. The minimum absolute atomic E-state index is 0.0574. The van der Waals surface area contributed by atoms with Gasteiger partial charge in [0.1, 0.15) is 0 Å². The van der Waals surface area contributed by atoms with Gasteiger partial charge in [0.2, 0.25) is 0 Å².